The number of aromatic nitrogens is 1. The largest absolute Gasteiger partial charge is 0.493 e. The van der Waals surface area contributed by atoms with Crippen molar-refractivity contribution in [2.24, 2.45) is 0 Å². The molecule has 0 amide bonds. The number of allylic oxidation sites excluding steroid dienone is 2. The predicted molar refractivity (Wildman–Crippen MR) is 150 cm³/mol. The van der Waals surface area contributed by atoms with Crippen LogP contribution in [-0.4, -0.2) is 34.5 Å². The Morgan fingerprint density at radius 2 is 1.67 bits per heavy atom. The lowest BCUT2D eigenvalue weighted by molar-refractivity contribution is -0.139. The number of rotatable bonds is 12. The van der Waals surface area contributed by atoms with Gasteiger partial charge in [0.1, 0.15) is 23.4 Å². The lowest BCUT2D eigenvalue weighted by atomic mass is 10.0. The molecule has 0 saturated heterocycles. The number of hydrogen-bond acceptors (Lipinski definition) is 6. The maximum atomic E-state index is 13.2. The first kappa shape index (κ1) is 31.0. The first-order valence-corrected chi connectivity index (χ1v) is 13.2. The molecule has 1 atom stereocenters. The summed E-state index contributed by atoms with van der Waals surface area (Å²) in [4.78, 5) is 28.8. The summed E-state index contributed by atoms with van der Waals surface area (Å²) in [6.07, 6.45) is -2.79. The fraction of sp³-hybridized carbons (Fsp3) is 0.219. The third-order valence-corrected chi connectivity index (χ3v) is 6.50. The highest BCUT2D eigenvalue weighted by atomic mass is 19.4. The van der Waals surface area contributed by atoms with Crippen molar-refractivity contribution < 1.29 is 41.4 Å². The predicted octanol–water partition coefficient (Wildman–Crippen LogP) is 6.80. The molecule has 4 rings (SSSR count). The summed E-state index contributed by atoms with van der Waals surface area (Å²) in [5, 5.41) is 12.5. The molecule has 0 spiro atoms. The van der Waals surface area contributed by atoms with E-state index in [-0.39, 0.29) is 23.5 Å². The fourth-order valence-corrected chi connectivity index (χ4v) is 4.22. The normalized spacial score (nSPS) is 12.6. The molecule has 0 aliphatic carbocycles. The highest BCUT2D eigenvalue weighted by Gasteiger charge is 2.30. The van der Waals surface area contributed by atoms with Crippen LogP contribution in [0.15, 0.2) is 89.0 Å². The van der Waals surface area contributed by atoms with Gasteiger partial charge in [0.15, 0.2) is 5.78 Å². The van der Waals surface area contributed by atoms with E-state index in [9.17, 15) is 32.3 Å². The molecule has 1 aromatic heterocycles. The van der Waals surface area contributed by atoms with Gasteiger partial charge in [-0.1, -0.05) is 24.3 Å². The molecule has 1 heterocycles. The van der Waals surface area contributed by atoms with Crippen molar-refractivity contribution in [3.8, 4) is 17.2 Å². The Bertz CT molecular complexity index is 1590. The molecule has 0 unspecified atom stereocenters. The van der Waals surface area contributed by atoms with Crippen LogP contribution < -0.4 is 10.1 Å². The molecular weight excluding hydrogens is 568 g/mol. The van der Waals surface area contributed by atoms with Crippen LogP contribution >= 0.6 is 0 Å². The van der Waals surface area contributed by atoms with E-state index < -0.39 is 29.5 Å². The zero-order valence-electron chi connectivity index (χ0n) is 23.2. The number of carbonyl (C=O) groups is 2. The number of ketones is 1. The van der Waals surface area contributed by atoms with Gasteiger partial charge in [-0.3, -0.25) is 4.79 Å². The monoisotopic (exact) mass is 596 g/mol. The van der Waals surface area contributed by atoms with Gasteiger partial charge >= 0.3 is 12.1 Å². The maximum absolute atomic E-state index is 13.2. The number of alkyl halides is 3. The molecule has 0 fully saturated rings. The van der Waals surface area contributed by atoms with Crippen LogP contribution in [0, 0.1) is 12.7 Å². The zero-order valence-corrected chi connectivity index (χ0v) is 23.2. The Hall–Kier alpha value is -4.93. The molecule has 0 radical (unpaired) electrons. The lowest BCUT2D eigenvalue weighted by Crippen LogP contribution is -2.37. The number of benzene rings is 3. The van der Waals surface area contributed by atoms with Crippen LogP contribution in [0.4, 0.5) is 17.6 Å². The van der Waals surface area contributed by atoms with Crippen molar-refractivity contribution in [3.05, 3.63) is 119 Å². The molecular formula is C32H28F4N2O5. The number of carbonyl (C=O) groups excluding carboxylic acids is 1. The van der Waals surface area contributed by atoms with Crippen molar-refractivity contribution in [2.45, 2.75) is 38.9 Å². The summed E-state index contributed by atoms with van der Waals surface area (Å²) in [7, 11) is 0. The molecule has 0 aliphatic rings. The molecule has 7 nitrogen and oxygen atoms in total. The smallest absolute Gasteiger partial charge is 0.416 e. The van der Waals surface area contributed by atoms with Crippen molar-refractivity contribution in [2.75, 3.05) is 6.61 Å². The fourth-order valence-electron chi connectivity index (χ4n) is 4.22. The molecule has 43 heavy (non-hydrogen) atoms. The Kier molecular flexibility index (Phi) is 9.64. The van der Waals surface area contributed by atoms with Gasteiger partial charge in [-0.25, -0.2) is 14.2 Å². The van der Waals surface area contributed by atoms with Gasteiger partial charge in [-0.05, 0) is 67.9 Å². The molecule has 0 aliphatic heterocycles. The van der Waals surface area contributed by atoms with E-state index in [0.29, 0.717) is 47.2 Å². The van der Waals surface area contributed by atoms with Gasteiger partial charge in [0.2, 0.25) is 5.89 Å². The number of carboxylic acids is 1. The molecule has 11 heteroatoms. The molecule has 4 aromatic rings. The highest BCUT2D eigenvalue weighted by molar-refractivity contribution is 6.04. The molecule has 224 valence electrons. The van der Waals surface area contributed by atoms with Crippen LogP contribution in [0.5, 0.6) is 5.75 Å². The van der Waals surface area contributed by atoms with E-state index in [1.807, 2.05) is 0 Å². The van der Waals surface area contributed by atoms with Gasteiger partial charge in [0.05, 0.1) is 17.9 Å². The minimum Gasteiger partial charge on any atom is -0.493 e. The van der Waals surface area contributed by atoms with E-state index in [1.165, 1.54) is 19.1 Å². The molecule has 0 bridgehead atoms. The van der Waals surface area contributed by atoms with Crippen molar-refractivity contribution in [1.82, 2.24) is 10.3 Å². The van der Waals surface area contributed by atoms with E-state index in [2.05, 4.69) is 10.3 Å². The molecule has 2 N–H and O–H groups in total. The average Bonchev–Trinajstić information content (AvgIpc) is 3.33. The van der Waals surface area contributed by atoms with Crippen molar-refractivity contribution in [3.63, 3.8) is 0 Å². The number of nitrogens with one attached hydrogen (secondary N) is 1. The lowest BCUT2D eigenvalue weighted by Gasteiger charge is -2.16. The average molecular weight is 597 g/mol. The van der Waals surface area contributed by atoms with Crippen LogP contribution in [0.25, 0.3) is 11.5 Å². The van der Waals surface area contributed by atoms with Gasteiger partial charge in [-0.15, -0.1) is 0 Å². The second kappa shape index (κ2) is 13.4. The first-order chi connectivity index (χ1) is 20.4. The zero-order chi connectivity index (χ0) is 31.1. The van der Waals surface area contributed by atoms with Crippen LogP contribution in [0.1, 0.15) is 39.9 Å². The molecule has 3 aromatic carbocycles. The van der Waals surface area contributed by atoms with Gasteiger partial charge < -0.3 is 19.6 Å². The van der Waals surface area contributed by atoms with Gasteiger partial charge in [0, 0.05) is 35.7 Å². The van der Waals surface area contributed by atoms with Crippen molar-refractivity contribution in [1.29, 1.82) is 0 Å². The van der Waals surface area contributed by atoms with E-state index >= 15 is 0 Å². The number of oxazole rings is 1. The third-order valence-electron chi connectivity index (χ3n) is 6.50. The number of hydrogen-bond donors (Lipinski definition) is 2. The van der Waals surface area contributed by atoms with Crippen LogP contribution in [0.3, 0.4) is 0 Å². The Morgan fingerprint density at radius 1 is 1.02 bits per heavy atom. The van der Waals surface area contributed by atoms with E-state index in [1.54, 1.807) is 43.3 Å². The second-order valence-corrected chi connectivity index (χ2v) is 9.78. The van der Waals surface area contributed by atoms with Crippen LogP contribution in [0.2, 0.25) is 0 Å². The number of carboxylic acid groups (broad SMARTS) is 1. The number of aliphatic carboxylic acids is 1. The summed E-state index contributed by atoms with van der Waals surface area (Å²) in [5.41, 5.74) is 1.51. The SMILES string of the molecule is C/C(=C/C(=O)c1ccc(C(F)(F)F)cc1)N[C@@H](Cc1ccc(OCCc2nc(-c3ccc(F)cc3)oc2C)cc1)C(=O)O. The summed E-state index contributed by atoms with van der Waals surface area (Å²) < 4.78 is 63.0. The Morgan fingerprint density at radius 3 is 2.28 bits per heavy atom. The summed E-state index contributed by atoms with van der Waals surface area (Å²) in [6.45, 7) is 3.61. The Labute approximate surface area is 244 Å². The van der Waals surface area contributed by atoms with Crippen LogP contribution in [-0.2, 0) is 23.8 Å². The number of ether oxygens (including phenoxy) is 1. The van der Waals surface area contributed by atoms with E-state index in [0.717, 1.165) is 30.3 Å². The van der Waals surface area contributed by atoms with Crippen molar-refractivity contribution >= 4 is 11.8 Å². The Balaban J connectivity index is 1.30. The standard InChI is InChI=1S/C32H28F4N2O5/c1-19(17-29(39)22-5-9-24(10-6-22)32(34,35)36)37-28(31(40)41)18-21-3-13-26(14-4-21)42-16-15-27-20(2)43-30(38-27)23-7-11-25(33)12-8-23/h3-14,17,28,37H,15-16,18H2,1-2H3,(H,40,41)/b19-17-/t28-/m0/s1. The number of nitrogens with zero attached hydrogens (tertiary/aromatic N) is 1. The second-order valence-electron chi connectivity index (χ2n) is 9.78. The summed E-state index contributed by atoms with van der Waals surface area (Å²) in [5.74, 6) is -0.445. The molecule has 0 saturated carbocycles. The number of halogens is 4. The first-order valence-electron chi connectivity index (χ1n) is 13.2. The minimum atomic E-state index is -4.51. The minimum absolute atomic E-state index is 0.0450. The summed E-state index contributed by atoms with van der Waals surface area (Å²) >= 11 is 0. The van der Waals surface area contributed by atoms with E-state index in [4.69, 9.17) is 9.15 Å². The number of aryl methyl sites for hydroxylation is 1. The highest BCUT2D eigenvalue weighted by Crippen LogP contribution is 2.29. The summed E-state index contributed by atoms with van der Waals surface area (Å²) in [6, 6.07) is 15.5. The maximum Gasteiger partial charge on any atom is 0.416 e. The topological polar surface area (TPSA) is 102 Å². The quantitative estimate of drug-likeness (QED) is 0.105. The third kappa shape index (κ3) is 8.54. The van der Waals surface area contributed by atoms with Gasteiger partial charge in [0.25, 0.3) is 0 Å². The van der Waals surface area contributed by atoms with Gasteiger partial charge in [-0.2, -0.15) is 13.2 Å².